The summed E-state index contributed by atoms with van der Waals surface area (Å²) in [6.07, 6.45) is 4.17. The van der Waals surface area contributed by atoms with E-state index in [0.717, 1.165) is 32.2 Å². The molecule has 2 aliphatic rings. The van der Waals surface area contributed by atoms with Gasteiger partial charge in [-0.15, -0.1) is 0 Å². The van der Waals surface area contributed by atoms with E-state index in [1.54, 1.807) is 24.3 Å². The molecule has 2 heterocycles. The molecule has 27 heavy (non-hydrogen) atoms. The minimum absolute atomic E-state index is 0.126. The van der Waals surface area contributed by atoms with Gasteiger partial charge in [0.25, 0.3) is 10.0 Å². The van der Waals surface area contributed by atoms with E-state index in [0.29, 0.717) is 18.0 Å². The number of nitrogens with one attached hydrogen (secondary N) is 3. The first-order valence-corrected chi connectivity index (χ1v) is 11.1. The molecule has 3 atom stereocenters. The Morgan fingerprint density at radius 1 is 1.37 bits per heavy atom. The standard InChI is InChI=1S/C19H28N4O3S/c1-3-4-8-16(19(24)21-14-10-11-20-13(2)12-14)22-18-15-7-5-6-9-17(15)27(25,26)23-18/h5-7,9,13-14,16,20H,3-4,8,10-12H2,1-2H3,(H,21,24)(H,22,23). The molecule has 0 bridgehead atoms. The Morgan fingerprint density at radius 2 is 2.15 bits per heavy atom. The molecule has 1 amide bonds. The van der Waals surface area contributed by atoms with E-state index in [-0.39, 0.29) is 22.7 Å². The first-order valence-electron chi connectivity index (χ1n) is 9.64. The second-order valence-electron chi connectivity index (χ2n) is 7.32. The average Bonchev–Trinajstić information content (AvgIpc) is 2.89. The van der Waals surface area contributed by atoms with Gasteiger partial charge in [-0.25, -0.2) is 8.42 Å². The van der Waals surface area contributed by atoms with Crippen molar-refractivity contribution in [2.75, 3.05) is 6.54 Å². The number of amidine groups is 1. The van der Waals surface area contributed by atoms with Crippen LogP contribution in [0.25, 0.3) is 0 Å². The molecule has 0 saturated carbocycles. The van der Waals surface area contributed by atoms with Gasteiger partial charge in [0.1, 0.15) is 11.9 Å². The van der Waals surface area contributed by atoms with Gasteiger partial charge in [-0.2, -0.15) is 0 Å². The van der Waals surface area contributed by atoms with Gasteiger partial charge < -0.3 is 10.6 Å². The highest BCUT2D eigenvalue weighted by molar-refractivity contribution is 7.90. The summed E-state index contributed by atoms with van der Waals surface area (Å²) in [7, 11) is -3.60. The Morgan fingerprint density at radius 3 is 2.89 bits per heavy atom. The average molecular weight is 393 g/mol. The number of fused-ring (bicyclic) bond motifs is 1. The Kier molecular flexibility index (Phi) is 6.16. The lowest BCUT2D eigenvalue weighted by Gasteiger charge is -2.29. The fourth-order valence-corrected chi connectivity index (χ4v) is 4.84. The number of carbonyl (C=O) groups excluding carboxylic acids is 1. The van der Waals surface area contributed by atoms with Crippen LogP contribution < -0.4 is 15.4 Å². The minimum Gasteiger partial charge on any atom is -0.351 e. The highest BCUT2D eigenvalue weighted by atomic mass is 32.2. The lowest BCUT2D eigenvalue weighted by atomic mass is 10.00. The maximum absolute atomic E-state index is 12.9. The van der Waals surface area contributed by atoms with Crippen LogP contribution in [0.4, 0.5) is 0 Å². The third-order valence-electron chi connectivity index (χ3n) is 5.05. The van der Waals surface area contributed by atoms with Crippen LogP contribution in [-0.4, -0.2) is 44.8 Å². The van der Waals surface area contributed by atoms with Crippen molar-refractivity contribution in [2.45, 2.75) is 69.0 Å². The number of sulfonamides is 1. The number of benzene rings is 1. The molecule has 0 aliphatic carbocycles. The SMILES string of the molecule is CCCCC(N=C1NS(=O)(=O)c2ccccc21)C(=O)NC1CCNC(C)C1. The number of unbranched alkanes of at least 4 members (excludes halogenated alkanes) is 1. The van der Waals surface area contributed by atoms with E-state index in [4.69, 9.17) is 0 Å². The number of amides is 1. The summed E-state index contributed by atoms with van der Waals surface area (Å²) in [4.78, 5) is 17.6. The van der Waals surface area contributed by atoms with Crippen molar-refractivity contribution < 1.29 is 13.2 Å². The van der Waals surface area contributed by atoms with Crippen molar-refractivity contribution in [3.05, 3.63) is 29.8 Å². The smallest absolute Gasteiger partial charge is 0.263 e. The number of rotatable bonds is 6. The van der Waals surface area contributed by atoms with E-state index < -0.39 is 16.1 Å². The van der Waals surface area contributed by atoms with Gasteiger partial charge in [-0.05, 0) is 44.9 Å². The lowest BCUT2D eigenvalue weighted by molar-refractivity contribution is -0.123. The van der Waals surface area contributed by atoms with Gasteiger partial charge in [0.05, 0.1) is 4.90 Å². The van der Waals surface area contributed by atoms with Crippen molar-refractivity contribution in [1.29, 1.82) is 0 Å². The summed E-state index contributed by atoms with van der Waals surface area (Å²) in [5.74, 6) is 0.138. The zero-order chi connectivity index (χ0) is 19.4. The molecule has 3 rings (SSSR count). The highest BCUT2D eigenvalue weighted by Crippen LogP contribution is 2.23. The molecule has 1 aromatic rings. The van der Waals surface area contributed by atoms with Crippen LogP contribution in [-0.2, 0) is 14.8 Å². The third-order valence-corrected chi connectivity index (χ3v) is 6.45. The highest BCUT2D eigenvalue weighted by Gasteiger charge is 2.32. The predicted octanol–water partition coefficient (Wildman–Crippen LogP) is 1.54. The van der Waals surface area contributed by atoms with Crippen molar-refractivity contribution in [1.82, 2.24) is 15.4 Å². The fraction of sp³-hybridized carbons (Fsp3) is 0.579. The van der Waals surface area contributed by atoms with Crippen LogP contribution in [0.3, 0.4) is 0 Å². The molecule has 3 unspecified atom stereocenters. The zero-order valence-corrected chi connectivity index (χ0v) is 16.7. The molecular weight excluding hydrogens is 364 g/mol. The number of piperidine rings is 1. The summed E-state index contributed by atoms with van der Waals surface area (Å²) in [6.45, 7) is 5.05. The van der Waals surface area contributed by atoms with Crippen LogP contribution in [0.1, 0.15) is 51.5 Å². The van der Waals surface area contributed by atoms with Gasteiger partial charge >= 0.3 is 0 Å². The van der Waals surface area contributed by atoms with E-state index in [1.165, 1.54) is 0 Å². The number of hydrogen-bond acceptors (Lipinski definition) is 5. The van der Waals surface area contributed by atoms with Crippen LogP contribution in [0.2, 0.25) is 0 Å². The van der Waals surface area contributed by atoms with Crippen molar-refractivity contribution >= 4 is 21.8 Å². The van der Waals surface area contributed by atoms with E-state index in [2.05, 4.69) is 34.2 Å². The van der Waals surface area contributed by atoms with Crippen LogP contribution in [0.15, 0.2) is 34.2 Å². The predicted molar refractivity (Wildman–Crippen MR) is 105 cm³/mol. The van der Waals surface area contributed by atoms with Crippen LogP contribution in [0.5, 0.6) is 0 Å². The molecule has 0 aromatic heterocycles. The number of carbonyl (C=O) groups is 1. The Balaban J connectivity index is 1.81. The molecule has 1 fully saturated rings. The Bertz CT molecular complexity index is 822. The Labute approximate surface area is 161 Å². The molecule has 0 spiro atoms. The first-order chi connectivity index (χ1) is 12.9. The quantitative estimate of drug-likeness (QED) is 0.684. The summed E-state index contributed by atoms with van der Waals surface area (Å²) in [5, 5.41) is 6.49. The second-order valence-corrected chi connectivity index (χ2v) is 8.97. The normalized spacial score (nSPS) is 26.2. The lowest BCUT2D eigenvalue weighted by Crippen LogP contribution is -2.49. The van der Waals surface area contributed by atoms with Gasteiger partial charge in [-0.3, -0.25) is 14.5 Å². The Hall–Kier alpha value is -1.93. The number of hydrogen-bond donors (Lipinski definition) is 3. The van der Waals surface area contributed by atoms with Crippen molar-refractivity contribution in [2.24, 2.45) is 4.99 Å². The monoisotopic (exact) mass is 392 g/mol. The van der Waals surface area contributed by atoms with Crippen molar-refractivity contribution in [3.8, 4) is 0 Å². The largest absolute Gasteiger partial charge is 0.351 e. The van der Waals surface area contributed by atoms with E-state index in [9.17, 15) is 13.2 Å². The second kappa shape index (κ2) is 8.39. The molecule has 7 nitrogen and oxygen atoms in total. The third kappa shape index (κ3) is 4.68. The van der Waals surface area contributed by atoms with Gasteiger partial charge in [0, 0.05) is 17.6 Å². The topological polar surface area (TPSA) is 99.7 Å². The molecule has 1 saturated heterocycles. The molecule has 3 N–H and O–H groups in total. The summed E-state index contributed by atoms with van der Waals surface area (Å²) in [6, 6.07) is 6.63. The van der Waals surface area contributed by atoms with Gasteiger partial charge in [0.2, 0.25) is 5.91 Å². The van der Waals surface area contributed by atoms with Crippen LogP contribution in [0, 0.1) is 0 Å². The number of nitrogens with zero attached hydrogens (tertiary/aromatic N) is 1. The molecular formula is C19H28N4O3S. The molecule has 148 valence electrons. The van der Waals surface area contributed by atoms with E-state index >= 15 is 0 Å². The van der Waals surface area contributed by atoms with Crippen LogP contribution >= 0.6 is 0 Å². The molecule has 2 aliphatic heterocycles. The van der Waals surface area contributed by atoms with E-state index in [1.807, 2.05) is 0 Å². The molecule has 0 radical (unpaired) electrons. The molecule has 8 heteroatoms. The van der Waals surface area contributed by atoms with Gasteiger partial charge in [-0.1, -0.05) is 31.9 Å². The summed E-state index contributed by atoms with van der Waals surface area (Å²) < 4.78 is 27.1. The maximum Gasteiger partial charge on any atom is 0.263 e. The maximum atomic E-state index is 12.9. The summed E-state index contributed by atoms with van der Waals surface area (Å²) in [5.41, 5.74) is 0.530. The number of aliphatic imine (C=N–C) groups is 1. The van der Waals surface area contributed by atoms with Gasteiger partial charge in [0.15, 0.2) is 0 Å². The zero-order valence-electron chi connectivity index (χ0n) is 15.9. The minimum atomic E-state index is -3.60. The van der Waals surface area contributed by atoms with Crippen molar-refractivity contribution in [3.63, 3.8) is 0 Å². The summed E-state index contributed by atoms with van der Waals surface area (Å²) >= 11 is 0. The molecule has 1 aromatic carbocycles. The first kappa shape index (κ1) is 19.8. The fourth-order valence-electron chi connectivity index (χ4n) is 3.60.